The Bertz CT molecular complexity index is 296. The average Bonchev–Trinajstić information content (AvgIpc) is 2.06. The van der Waals surface area contributed by atoms with Gasteiger partial charge in [0, 0.05) is 4.91 Å². The van der Waals surface area contributed by atoms with Gasteiger partial charge in [-0.2, -0.15) is 0 Å². The van der Waals surface area contributed by atoms with E-state index in [-0.39, 0.29) is 6.04 Å². The summed E-state index contributed by atoms with van der Waals surface area (Å²) in [6.07, 6.45) is 0. The summed E-state index contributed by atoms with van der Waals surface area (Å²) in [4.78, 5) is 2.76. The zero-order chi connectivity index (χ0) is 8.97. The minimum atomic E-state index is -0.0735. The Hall–Kier alpha value is -1.47. The molecule has 0 aromatic heterocycles. The van der Waals surface area contributed by atoms with E-state index < -0.39 is 0 Å². The fourth-order valence-corrected chi connectivity index (χ4v) is 0.989. The van der Waals surface area contributed by atoms with Crippen LogP contribution in [0.3, 0.4) is 0 Å². The Kier molecular flexibility index (Phi) is 2.72. The quantitative estimate of drug-likeness (QED) is 0.363. The standard InChI is InChI=1S/C9H11N3/c1-7-3-5-9(6-4-7)8(2)11-12-10/h3-6,8H,1-2H3/t8-/m0/s1. The van der Waals surface area contributed by atoms with Gasteiger partial charge in [0.05, 0.1) is 6.04 Å². The maximum absolute atomic E-state index is 8.21. The lowest BCUT2D eigenvalue weighted by atomic mass is 10.1. The molecule has 1 rings (SSSR count). The van der Waals surface area contributed by atoms with Crippen LogP contribution in [0, 0.1) is 6.92 Å². The number of benzene rings is 1. The molecule has 0 unspecified atom stereocenters. The lowest BCUT2D eigenvalue weighted by Crippen LogP contribution is -1.87. The van der Waals surface area contributed by atoms with Crippen molar-refractivity contribution >= 4 is 0 Å². The third kappa shape index (κ3) is 2.01. The van der Waals surface area contributed by atoms with Gasteiger partial charge in [-0.1, -0.05) is 41.9 Å². The summed E-state index contributed by atoms with van der Waals surface area (Å²) < 4.78 is 0. The summed E-state index contributed by atoms with van der Waals surface area (Å²) >= 11 is 0. The predicted molar refractivity (Wildman–Crippen MR) is 48.7 cm³/mol. The smallest absolute Gasteiger partial charge is 0.0597 e. The van der Waals surface area contributed by atoms with Gasteiger partial charge >= 0.3 is 0 Å². The van der Waals surface area contributed by atoms with E-state index >= 15 is 0 Å². The van der Waals surface area contributed by atoms with Gasteiger partial charge in [0.2, 0.25) is 0 Å². The van der Waals surface area contributed by atoms with Crippen molar-refractivity contribution in [2.24, 2.45) is 5.11 Å². The van der Waals surface area contributed by atoms with Crippen LogP contribution in [0.5, 0.6) is 0 Å². The van der Waals surface area contributed by atoms with Crippen LogP contribution in [-0.2, 0) is 0 Å². The van der Waals surface area contributed by atoms with Gasteiger partial charge in [0.1, 0.15) is 0 Å². The van der Waals surface area contributed by atoms with Crippen LogP contribution >= 0.6 is 0 Å². The van der Waals surface area contributed by atoms with Gasteiger partial charge in [-0.05, 0) is 18.0 Å². The highest BCUT2D eigenvalue weighted by molar-refractivity contribution is 5.23. The van der Waals surface area contributed by atoms with Gasteiger partial charge in [0.15, 0.2) is 0 Å². The molecular formula is C9H11N3. The van der Waals surface area contributed by atoms with Gasteiger partial charge < -0.3 is 0 Å². The van der Waals surface area contributed by atoms with Gasteiger partial charge in [-0.3, -0.25) is 0 Å². The highest BCUT2D eigenvalue weighted by Crippen LogP contribution is 2.16. The molecule has 12 heavy (non-hydrogen) atoms. The van der Waals surface area contributed by atoms with E-state index in [1.807, 2.05) is 38.1 Å². The maximum Gasteiger partial charge on any atom is 0.0597 e. The van der Waals surface area contributed by atoms with Crippen LogP contribution in [0.1, 0.15) is 24.1 Å². The summed E-state index contributed by atoms with van der Waals surface area (Å²) in [6.45, 7) is 3.91. The summed E-state index contributed by atoms with van der Waals surface area (Å²) in [6, 6.07) is 7.91. The Balaban J connectivity index is 2.89. The molecule has 1 atom stereocenters. The minimum absolute atomic E-state index is 0.0735. The topological polar surface area (TPSA) is 48.8 Å². The molecule has 0 bridgehead atoms. The van der Waals surface area contributed by atoms with E-state index in [1.165, 1.54) is 5.56 Å². The zero-order valence-corrected chi connectivity index (χ0v) is 7.23. The molecule has 0 aliphatic heterocycles. The van der Waals surface area contributed by atoms with Crippen molar-refractivity contribution in [3.63, 3.8) is 0 Å². The number of aryl methyl sites for hydroxylation is 1. The second-order valence-electron chi connectivity index (χ2n) is 2.79. The van der Waals surface area contributed by atoms with Crippen LogP contribution in [0.2, 0.25) is 0 Å². The fourth-order valence-electron chi connectivity index (χ4n) is 0.989. The van der Waals surface area contributed by atoms with Crippen molar-refractivity contribution in [3.05, 3.63) is 45.8 Å². The SMILES string of the molecule is Cc1ccc([C@H](C)N=[N+]=[N-])cc1. The highest BCUT2D eigenvalue weighted by Gasteiger charge is 2.00. The molecule has 0 N–H and O–H groups in total. The first-order valence-corrected chi connectivity index (χ1v) is 3.85. The molecule has 62 valence electrons. The Labute approximate surface area is 71.7 Å². The van der Waals surface area contributed by atoms with Crippen LogP contribution in [0.4, 0.5) is 0 Å². The van der Waals surface area contributed by atoms with E-state index in [0.29, 0.717) is 0 Å². The van der Waals surface area contributed by atoms with E-state index in [0.717, 1.165) is 5.56 Å². The summed E-state index contributed by atoms with van der Waals surface area (Å²) in [5.41, 5.74) is 10.5. The lowest BCUT2D eigenvalue weighted by Gasteiger charge is -2.03. The monoisotopic (exact) mass is 161 g/mol. The molecule has 1 aromatic rings. The van der Waals surface area contributed by atoms with Crippen molar-refractivity contribution in [2.45, 2.75) is 19.9 Å². The van der Waals surface area contributed by atoms with Crippen LogP contribution < -0.4 is 0 Å². The van der Waals surface area contributed by atoms with E-state index in [1.54, 1.807) is 0 Å². The largest absolute Gasteiger partial charge is 0.0862 e. The molecule has 0 fully saturated rings. The molecule has 0 spiro atoms. The zero-order valence-electron chi connectivity index (χ0n) is 7.23. The first-order valence-electron chi connectivity index (χ1n) is 3.85. The molecule has 0 amide bonds. The number of rotatable bonds is 2. The molecule has 3 nitrogen and oxygen atoms in total. The van der Waals surface area contributed by atoms with Crippen LogP contribution in [0.25, 0.3) is 10.4 Å². The van der Waals surface area contributed by atoms with E-state index in [9.17, 15) is 0 Å². The molecule has 0 aliphatic carbocycles. The third-order valence-electron chi connectivity index (χ3n) is 1.78. The van der Waals surface area contributed by atoms with Crippen molar-refractivity contribution in [1.82, 2.24) is 0 Å². The Morgan fingerprint density at radius 2 is 1.92 bits per heavy atom. The minimum Gasteiger partial charge on any atom is -0.0862 e. The number of hydrogen-bond acceptors (Lipinski definition) is 1. The lowest BCUT2D eigenvalue weighted by molar-refractivity contribution is 0.807. The maximum atomic E-state index is 8.21. The van der Waals surface area contributed by atoms with E-state index in [2.05, 4.69) is 10.0 Å². The number of azide groups is 1. The van der Waals surface area contributed by atoms with Gasteiger partial charge in [0.25, 0.3) is 0 Å². The Morgan fingerprint density at radius 1 is 1.33 bits per heavy atom. The number of hydrogen-bond donors (Lipinski definition) is 0. The second kappa shape index (κ2) is 3.79. The molecule has 0 aliphatic rings. The highest BCUT2D eigenvalue weighted by atomic mass is 15.1. The first-order chi connectivity index (χ1) is 5.74. The average molecular weight is 161 g/mol. The van der Waals surface area contributed by atoms with Crippen LogP contribution in [-0.4, -0.2) is 0 Å². The molecule has 0 radical (unpaired) electrons. The number of nitrogens with zero attached hydrogens (tertiary/aromatic N) is 3. The summed E-state index contributed by atoms with van der Waals surface area (Å²) in [5, 5.41) is 3.61. The summed E-state index contributed by atoms with van der Waals surface area (Å²) in [7, 11) is 0. The van der Waals surface area contributed by atoms with Crippen molar-refractivity contribution in [3.8, 4) is 0 Å². The molecule has 0 saturated carbocycles. The predicted octanol–water partition coefficient (Wildman–Crippen LogP) is 3.37. The van der Waals surface area contributed by atoms with Crippen LogP contribution in [0.15, 0.2) is 29.4 Å². The normalized spacial score (nSPS) is 11.8. The van der Waals surface area contributed by atoms with E-state index in [4.69, 9.17) is 5.53 Å². The first kappa shape index (κ1) is 8.62. The van der Waals surface area contributed by atoms with Gasteiger partial charge in [-0.25, -0.2) is 0 Å². The van der Waals surface area contributed by atoms with Crippen molar-refractivity contribution in [1.29, 1.82) is 0 Å². The molecule has 0 saturated heterocycles. The molecule has 0 heterocycles. The molecule has 3 heteroatoms. The Morgan fingerprint density at radius 3 is 2.42 bits per heavy atom. The second-order valence-corrected chi connectivity index (χ2v) is 2.79. The fraction of sp³-hybridized carbons (Fsp3) is 0.333. The van der Waals surface area contributed by atoms with Crippen molar-refractivity contribution < 1.29 is 0 Å². The summed E-state index contributed by atoms with van der Waals surface area (Å²) in [5.74, 6) is 0. The molecule has 1 aromatic carbocycles. The third-order valence-corrected chi connectivity index (χ3v) is 1.78. The molecular weight excluding hydrogens is 150 g/mol. The van der Waals surface area contributed by atoms with Gasteiger partial charge in [-0.15, -0.1) is 0 Å². The van der Waals surface area contributed by atoms with Crippen molar-refractivity contribution in [2.75, 3.05) is 0 Å².